The van der Waals surface area contributed by atoms with E-state index in [0.717, 1.165) is 6.42 Å². The average Bonchev–Trinajstić information content (AvgIpc) is 2.73. The molecule has 0 saturated carbocycles. The van der Waals surface area contributed by atoms with Crippen LogP contribution in [0.2, 0.25) is 0 Å². The number of carboxylic acids is 1. The van der Waals surface area contributed by atoms with Crippen LogP contribution in [0.15, 0.2) is 0 Å². The Morgan fingerprint density at radius 3 is 2.81 bits per heavy atom. The van der Waals surface area contributed by atoms with Crippen LogP contribution in [0.1, 0.15) is 19.8 Å². The fourth-order valence-corrected chi connectivity index (χ4v) is 1.86. The summed E-state index contributed by atoms with van der Waals surface area (Å²) in [7, 11) is 0. The lowest BCUT2D eigenvalue weighted by molar-refractivity contribution is -0.141. The molecule has 1 heterocycles. The van der Waals surface area contributed by atoms with Crippen molar-refractivity contribution in [3.63, 3.8) is 0 Å². The molecule has 16 heavy (non-hydrogen) atoms. The van der Waals surface area contributed by atoms with E-state index in [-0.39, 0.29) is 12.6 Å². The Morgan fingerprint density at radius 2 is 2.31 bits per heavy atom. The zero-order valence-electron chi connectivity index (χ0n) is 9.35. The minimum atomic E-state index is -0.942. The molecule has 0 radical (unpaired) electrons. The van der Waals surface area contributed by atoms with E-state index < -0.39 is 12.0 Å². The summed E-state index contributed by atoms with van der Waals surface area (Å²) in [4.78, 5) is 25.8. The van der Waals surface area contributed by atoms with E-state index in [1.54, 1.807) is 0 Å². The van der Waals surface area contributed by atoms with Gasteiger partial charge in [-0.15, -0.1) is 6.42 Å². The molecule has 1 saturated heterocycles. The van der Waals surface area contributed by atoms with Gasteiger partial charge >= 0.3 is 12.0 Å². The van der Waals surface area contributed by atoms with Crippen molar-refractivity contribution in [1.82, 2.24) is 9.80 Å². The van der Waals surface area contributed by atoms with E-state index in [4.69, 9.17) is 11.5 Å². The summed E-state index contributed by atoms with van der Waals surface area (Å²) in [6.07, 6.45) is 6.41. The lowest BCUT2D eigenvalue weighted by Gasteiger charge is -2.28. The molecule has 1 aliphatic rings. The number of terminal acetylenes is 1. The Morgan fingerprint density at radius 1 is 1.62 bits per heavy atom. The van der Waals surface area contributed by atoms with Crippen molar-refractivity contribution in [3.05, 3.63) is 0 Å². The predicted molar refractivity (Wildman–Crippen MR) is 58.8 cm³/mol. The minimum Gasteiger partial charge on any atom is -0.480 e. The van der Waals surface area contributed by atoms with Crippen LogP contribution >= 0.6 is 0 Å². The highest BCUT2D eigenvalue weighted by Crippen LogP contribution is 2.19. The second-order valence-electron chi connectivity index (χ2n) is 3.69. The maximum Gasteiger partial charge on any atom is 0.326 e. The molecule has 2 amide bonds. The zero-order chi connectivity index (χ0) is 12.1. The fraction of sp³-hybridized carbons (Fsp3) is 0.636. The van der Waals surface area contributed by atoms with Gasteiger partial charge in [0.2, 0.25) is 0 Å². The second-order valence-corrected chi connectivity index (χ2v) is 3.69. The number of urea groups is 1. The second kappa shape index (κ2) is 5.40. The summed E-state index contributed by atoms with van der Waals surface area (Å²) in [5, 5.41) is 8.96. The molecule has 0 spiro atoms. The number of carbonyl (C=O) groups excluding carboxylic acids is 1. The highest BCUT2D eigenvalue weighted by atomic mass is 16.4. The van der Waals surface area contributed by atoms with Crippen LogP contribution in [0.4, 0.5) is 4.79 Å². The van der Waals surface area contributed by atoms with Crippen molar-refractivity contribution in [3.8, 4) is 12.3 Å². The molecular formula is C11H16N2O3. The lowest BCUT2D eigenvalue weighted by Crippen LogP contribution is -2.48. The largest absolute Gasteiger partial charge is 0.480 e. The summed E-state index contributed by atoms with van der Waals surface area (Å²) >= 11 is 0. The highest BCUT2D eigenvalue weighted by Gasteiger charge is 2.35. The van der Waals surface area contributed by atoms with Crippen molar-refractivity contribution in [2.45, 2.75) is 25.8 Å². The van der Waals surface area contributed by atoms with Gasteiger partial charge < -0.3 is 14.9 Å². The Balaban J connectivity index is 2.72. The Hall–Kier alpha value is -1.70. The molecule has 0 bridgehead atoms. The predicted octanol–water partition coefficient (Wildman–Crippen LogP) is 0.610. The number of aliphatic carboxylic acids is 1. The maximum atomic E-state index is 12.0. The van der Waals surface area contributed by atoms with Gasteiger partial charge in [-0.25, -0.2) is 9.59 Å². The van der Waals surface area contributed by atoms with Crippen LogP contribution in [0.5, 0.6) is 0 Å². The minimum absolute atomic E-state index is 0.220. The van der Waals surface area contributed by atoms with Crippen molar-refractivity contribution in [2.75, 3.05) is 19.6 Å². The molecule has 88 valence electrons. The van der Waals surface area contributed by atoms with E-state index in [9.17, 15) is 9.59 Å². The first kappa shape index (κ1) is 12.4. The zero-order valence-corrected chi connectivity index (χ0v) is 9.35. The number of nitrogens with zero attached hydrogens (tertiary/aromatic N) is 2. The van der Waals surface area contributed by atoms with Gasteiger partial charge in [-0.1, -0.05) is 5.92 Å². The molecule has 5 nitrogen and oxygen atoms in total. The molecule has 0 aromatic rings. The first-order valence-electron chi connectivity index (χ1n) is 5.33. The van der Waals surface area contributed by atoms with Gasteiger partial charge in [0.05, 0.1) is 6.54 Å². The molecule has 1 atom stereocenters. The molecule has 5 heteroatoms. The van der Waals surface area contributed by atoms with Crippen molar-refractivity contribution in [2.24, 2.45) is 0 Å². The fourth-order valence-electron chi connectivity index (χ4n) is 1.86. The van der Waals surface area contributed by atoms with E-state index in [1.165, 1.54) is 9.80 Å². The van der Waals surface area contributed by atoms with E-state index in [1.807, 2.05) is 6.92 Å². The SMILES string of the molecule is C#CCN(CC)C(=O)N1CCCC1C(=O)O. The standard InChI is InChI=1S/C11H16N2O3/c1-3-7-12(4-2)11(16)13-8-5-6-9(13)10(14)15/h1,9H,4-8H2,2H3,(H,14,15). The van der Waals surface area contributed by atoms with Crippen LogP contribution in [0, 0.1) is 12.3 Å². The molecule has 1 fully saturated rings. The summed E-state index contributed by atoms with van der Waals surface area (Å²) in [5.41, 5.74) is 0. The first-order valence-corrected chi connectivity index (χ1v) is 5.33. The summed E-state index contributed by atoms with van der Waals surface area (Å²) in [5.74, 6) is 1.46. The van der Waals surface area contributed by atoms with Gasteiger partial charge in [-0.2, -0.15) is 0 Å². The van der Waals surface area contributed by atoms with Gasteiger partial charge in [-0.05, 0) is 19.8 Å². The van der Waals surface area contributed by atoms with Crippen LogP contribution in [-0.4, -0.2) is 52.6 Å². The van der Waals surface area contributed by atoms with Crippen molar-refractivity contribution >= 4 is 12.0 Å². The van der Waals surface area contributed by atoms with Crippen molar-refractivity contribution in [1.29, 1.82) is 0 Å². The third kappa shape index (κ3) is 2.45. The maximum absolute atomic E-state index is 12.0. The average molecular weight is 224 g/mol. The highest BCUT2D eigenvalue weighted by molar-refractivity contribution is 5.83. The number of rotatable bonds is 3. The summed E-state index contributed by atoms with van der Waals surface area (Å²) in [6, 6.07) is -0.968. The van der Waals surface area contributed by atoms with Crippen LogP contribution in [0.25, 0.3) is 0 Å². The van der Waals surface area contributed by atoms with Gasteiger partial charge in [-0.3, -0.25) is 0 Å². The summed E-state index contributed by atoms with van der Waals surface area (Å²) < 4.78 is 0. The number of carbonyl (C=O) groups is 2. The number of amides is 2. The molecule has 0 aromatic heterocycles. The van der Waals surface area contributed by atoms with Gasteiger partial charge in [0.1, 0.15) is 6.04 Å². The van der Waals surface area contributed by atoms with Gasteiger partial charge in [0.15, 0.2) is 0 Å². The third-order valence-corrected chi connectivity index (χ3v) is 2.72. The number of hydrogen-bond donors (Lipinski definition) is 1. The quantitative estimate of drug-likeness (QED) is 0.714. The third-order valence-electron chi connectivity index (χ3n) is 2.72. The first-order chi connectivity index (χ1) is 7.61. The Bertz CT molecular complexity index is 322. The monoisotopic (exact) mass is 224 g/mol. The molecule has 1 N–H and O–H groups in total. The van der Waals surface area contributed by atoms with Crippen LogP contribution < -0.4 is 0 Å². The smallest absolute Gasteiger partial charge is 0.326 e. The molecule has 0 aromatic carbocycles. The number of likely N-dealkylation sites (tertiary alicyclic amines) is 1. The molecule has 1 aliphatic heterocycles. The van der Waals surface area contributed by atoms with Crippen molar-refractivity contribution < 1.29 is 14.7 Å². The Labute approximate surface area is 95.0 Å². The Kier molecular flexibility index (Phi) is 4.18. The summed E-state index contributed by atoms with van der Waals surface area (Å²) in [6.45, 7) is 3.03. The van der Waals surface area contributed by atoms with Gasteiger partial charge in [0, 0.05) is 13.1 Å². The van der Waals surface area contributed by atoms with Gasteiger partial charge in [0.25, 0.3) is 0 Å². The topological polar surface area (TPSA) is 60.9 Å². The molecule has 1 rings (SSSR count). The van der Waals surface area contributed by atoms with E-state index in [0.29, 0.717) is 19.5 Å². The molecule has 1 unspecified atom stereocenters. The van der Waals surface area contributed by atoms with Crippen LogP contribution in [-0.2, 0) is 4.79 Å². The van der Waals surface area contributed by atoms with Crippen LogP contribution in [0.3, 0.4) is 0 Å². The number of carboxylic acid groups (broad SMARTS) is 1. The van der Waals surface area contributed by atoms with E-state index >= 15 is 0 Å². The van der Waals surface area contributed by atoms with E-state index in [2.05, 4.69) is 5.92 Å². The molecular weight excluding hydrogens is 208 g/mol. The number of hydrogen-bond acceptors (Lipinski definition) is 2. The normalized spacial score (nSPS) is 19.2. The molecule has 0 aliphatic carbocycles. The lowest BCUT2D eigenvalue weighted by atomic mass is 10.2.